The van der Waals surface area contributed by atoms with Gasteiger partial charge in [0, 0.05) is 13.1 Å². The highest BCUT2D eigenvalue weighted by atomic mass is 19.4. The van der Waals surface area contributed by atoms with Crippen molar-refractivity contribution in [2.24, 2.45) is 11.7 Å². The van der Waals surface area contributed by atoms with Gasteiger partial charge in [0.1, 0.15) is 5.82 Å². The molecule has 0 saturated heterocycles. The van der Waals surface area contributed by atoms with Gasteiger partial charge >= 0.3 is 6.18 Å². The Labute approximate surface area is 115 Å². The third kappa shape index (κ3) is 3.49. The Morgan fingerprint density at radius 3 is 2.70 bits per heavy atom. The molecule has 5 nitrogen and oxygen atoms in total. The van der Waals surface area contributed by atoms with Crippen molar-refractivity contribution in [3.63, 3.8) is 0 Å². The van der Waals surface area contributed by atoms with Crippen molar-refractivity contribution in [1.29, 1.82) is 0 Å². The highest BCUT2D eigenvalue weighted by Crippen LogP contribution is 2.29. The minimum atomic E-state index is -4.43. The van der Waals surface area contributed by atoms with Crippen molar-refractivity contribution in [1.82, 2.24) is 19.7 Å². The van der Waals surface area contributed by atoms with Crippen LogP contribution in [-0.4, -0.2) is 39.3 Å². The Bertz CT molecular complexity index is 443. The summed E-state index contributed by atoms with van der Waals surface area (Å²) in [5.74, 6) is -0.000345. The summed E-state index contributed by atoms with van der Waals surface area (Å²) in [6.07, 6.45) is -2.39. The highest BCUT2D eigenvalue weighted by molar-refractivity contribution is 5.02. The van der Waals surface area contributed by atoms with Gasteiger partial charge in [-0.05, 0) is 31.8 Å². The van der Waals surface area contributed by atoms with E-state index in [0.29, 0.717) is 37.9 Å². The Hall–Kier alpha value is -1.15. The number of nitrogens with two attached hydrogens (primary N) is 1. The minimum absolute atomic E-state index is 0.295. The van der Waals surface area contributed by atoms with E-state index in [9.17, 15) is 13.2 Å². The van der Waals surface area contributed by atoms with Gasteiger partial charge in [-0.25, -0.2) is 0 Å². The fourth-order valence-electron chi connectivity index (χ4n) is 2.39. The minimum Gasteiger partial charge on any atom is -0.330 e. The summed E-state index contributed by atoms with van der Waals surface area (Å²) in [5.41, 5.74) is 5.56. The van der Waals surface area contributed by atoms with Gasteiger partial charge in [0.25, 0.3) is 0 Å². The maximum absolute atomic E-state index is 12.7. The lowest BCUT2D eigenvalue weighted by atomic mass is 10.1. The van der Waals surface area contributed by atoms with E-state index in [1.54, 1.807) is 0 Å². The van der Waals surface area contributed by atoms with Crippen molar-refractivity contribution >= 4 is 0 Å². The van der Waals surface area contributed by atoms with Gasteiger partial charge in [0.2, 0.25) is 5.82 Å². The summed E-state index contributed by atoms with van der Waals surface area (Å²) in [7, 11) is 0. The Kier molecular flexibility index (Phi) is 4.64. The summed E-state index contributed by atoms with van der Waals surface area (Å²) >= 11 is 0. The molecule has 0 spiro atoms. The molecular weight excluding hydrogens is 271 g/mol. The van der Waals surface area contributed by atoms with Gasteiger partial charge in [-0.15, -0.1) is 10.2 Å². The first kappa shape index (κ1) is 15.2. The van der Waals surface area contributed by atoms with E-state index in [2.05, 4.69) is 22.0 Å². The lowest BCUT2D eigenvalue weighted by Crippen LogP contribution is -2.36. The van der Waals surface area contributed by atoms with E-state index in [0.717, 1.165) is 19.4 Å². The zero-order valence-corrected chi connectivity index (χ0v) is 11.5. The van der Waals surface area contributed by atoms with E-state index in [4.69, 9.17) is 5.73 Å². The van der Waals surface area contributed by atoms with Gasteiger partial charge in [0.15, 0.2) is 0 Å². The molecule has 0 fully saturated rings. The van der Waals surface area contributed by atoms with Gasteiger partial charge in [-0.1, -0.05) is 6.92 Å². The summed E-state index contributed by atoms with van der Waals surface area (Å²) < 4.78 is 39.2. The number of halogens is 3. The lowest BCUT2D eigenvalue weighted by Gasteiger charge is -2.28. The third-order valence-electron chi connectivity index (χ3n) is 3.66. The van der Waals surface area contributed by atoms with Crippen LogP contribution in [0.15, 0.2) is 0 Å². The second kappa shape index (κ2) is 6.09. The van der Waals surface area contributed by atoms with Crippen LogP contribution < -0.4 is 5.73 Å². The maximum atomic E-state index is 12.7. The fourth-order valence-corrected chi connectivity index (χ4v) is 2.39. The number of fused-ring (bicyclic) bond motifs is 1. The molecule has 0 saturated carbocycles. The van der Waals surface area contributed by atoms with E-state index >= 15 is 0 Å². The molecule has 0 bridgehead atoms. The average molecular weight is 291 g/mol. The highest BCUT2D eigenvalue weighted by Gasteiger charge is 2.39. The summed E-state index contributed by atoms with van der Waals surface area (Å²) in [4.78, 5) is 2.12. The van der Waals surface area contributed by atoms with E-state index in [1.165, 1.54) is 4.57 Å². The van der Waals surface area contributed by atoms with Crippen LogP contribution >= 0.6 is 0 Å². The van der Waals surface area contributed by atoms with Gasteiger partial charge in [-0.3, -0.25) is 4.90 Å². The fraction of sp³-hybridized carbons (Fsp3) is 0.833. The Balaban J connectivity index is 1.90. The van der Waals surface area contributed by atoms with Crippen LogP contribution in [-0.2, 0) is 19.3 Å². The van der Waals surface area contributed by atoms with E-state index < -0.39 is 12.0 Å². The molecule has 20 heavy (non-hydrogen) atoms. The molecule has 0 radical (unpaired) electrons. The zero-order valence-electron chi connectivity index (χ0n) is 11.5. The molecule has 1 aliphatic rings. The number of rotatable bonds is 5. The molecular formula is C12H20F3N5. The van der Waals surface area contributed by atoms with Crippen molar-refractivity contribution < 1.29 is 13.2 Å². The second-order valence-corrected chi connectivity index (χ2v) is 5.35. The number of hydrogen-bond acceptors (Lipinski definition) is 4. The molecule has 0 aliphatic carbocycles. The van der Waals surface area contributed by atoms with Crippen LogP contribution in [0.25, 0.3) is 0 Å². The van der Waals surface area contributed by atoms with E-state index in [-0.39, 0.29) is 0 Å². The second-order valence-electron chi connectivity index (χ2n) is 5.35. The monoisotopic (exact) mass is 291 g/mol. The van der Waals surface area contributed by atoms with Crippen molar-refractivity contribution in [3.8, 4) is 0 Å². The molecule has 0 amide bonds. The SMILES string of the molecule is CC(CN)CCCN1CCn2c(nnc2C(F)(F)F)C1. The molecule has 1 atom stereocenters. The summed E-state index contributed by atoms with van der Waals surface area (Å²) in [6.45, 7) is 4.96. The number of nitrogens with zero attached hydrogens (tertiary/aromatic N) is 4. The molecule has 2 heterocycles. The van der Waals surface area contributed by atoms with Crippen LogP contribution in [0, 0.1) is 5.92 Å². The molecule has 114 valence electrons. The normalized spacial score (nSPS) is 18.1. The van der Waals surface area contributed by atoms with Crippen LogP contribution in [0.1, 0.15) is 31.4 Å². The predicted molar refractivity (Wildman–Crippen MR) is 67.8 cm³/mol. The van der Waals surface area contributed by atoms with Crippen LogP contribution in [0.3, 0.4) is 0 Å². The molecule has 1 aromatic heterocycles. The van der Waals surface area contributed by atoms with Gasteiger partial charge in [0.05, 0.1) is 6.54 Å². The van der Waals surface area contributed by atoms with E-state index in [1.807, 2.05) is 0 Å². The smallest absolute Gasteiger partial charge is 0.330 e. The predicted octanol–water partition coefficient (Wildman–Crippen LogP) is 1.49. The quantitative estimate of drug-likeness (QED) is 0.893. The summed E-state index contributed by atoms with van der Waals surface area (Å²) in [5, 5.41) is 6.93. The zero-order chi connectivity index (χ0) is 14.8. The molecule has 8 heteroatoms. The molecule has 1 unspecified atom stereocenters. The molecule has 2 N–H and O–H groups in total. The third-order valence-corrected chi connectivity index (χ3v) is 3.66. The Morgan fingerprint density at radius 2 is 2.05 bits per heavy atom. The number of hydrogen-bond donors (Lipinski definition) is 1. The van der Waals surface area contributed by atoms with Crippen molar-refractivity contribution in [2.45, 2.75) is 39.0 Å². The topological polar surface area (TPSA) is 60.0 Å². The van der Waals surface area contributed by atoms with Gasteiger partial charge in [-0.2, -0.15) is 13.2 Å². The Morgan fingerprint density at radius 1 is 1.30 bits per heavy atom. The summed E-state index contributed by atoms with van der Waals surface area (Å²) in [6, 6.07) is 0. The lowest BCUT2D eigenvalue weighted by molar-refractivity contribution is -0.148. The first-order valence-electron chi connectivity index (χ1n) is 6.83. The standard InChI is InChI=1S/C12H20F3N5/c1-9(7-16)3-2-4-19-5-6-20-10(8-19)17-18-11(20)12(13,14)15/h9H,2-8,16H2,1H3. The molecule has 0 aromatic carbocycles. The maximum Gasteiger partial charge on any atom is 0.451 e. The first-order valence-corrected chi connectivity index (χ1v) is 6.83. The largest absolute Gasteiger partial charge is 0.451 e. The van der Waals surface area contributed by atoms with Crippen molar-refractivity contribution in [3.05, 3.63) is 11.6 Å². The van der Waals surface area contributed by atoms with Gasteiger partial charge < -0.3 is 10.3 Å². The molecule has 1 aliphatic heterocycles. The van der Waals surface area contributed by atoms with Crippen molar-refractivity contribution in [2.75, 3.05) is 19.6 Å². The van der Waals surface area contributed by atoms with Crippen LogP contribution in [0.5, 0.6) is 0 Å². The van der Waals surface area contributed by atoms with Crippen LogP contribution in [0.2, 0.25) is 0 Å². The number of aromatic nitrogens is 3. The first-order chi connectivity index (χ1) is 9.41. The molecule has 1 aromatic rings. The van der Waals surface area contributed by atoms with Crippen LogP contribution in [0.4, 0.5) is 13.2 Å². The molecule has 2 rings (SSSR count). The average Bonchev–Trinajstić information content (AvgIpc) is 2.81. The number of alkyl halides is 3.